The number of carbonyl (C=O) groups excluding carboxylic acids is 3. The molecule has 2 heterocycles. The summed E-state index contributed by atoms with van der Waals surface area (Å²) in [7, 11) is 0. The van der Waals surface area contributed by atoms with Crippen molar-refractivity contribution in [2.75, 3.05) is 6.61 Å². The Labute approximate surface area is 179 Å². The number of esters is 1. The van der Waals surface area contributed by atoms with Gasteiger partial charge in [-0.3, -0.25) is 24.7 Å². The summed E-state index contributed by atoms with van der Waals surface area (Å²) >= 11 is 1.03. The van der Waals surface area contributed by atoms with E-state index >= 15 is 0 Å². The van der Waals surface area contributed by atoms with Gasteiger partial charge in [-0.25, -0.2) is 0 Å². The van der Waals surface area contributed by atoms with Crippen molar-refractivity contribution in [3.63, 3.8) is 0 Å². The smallest absolute Gasteiger partial charge is 0.303 e. The summed E-state index contributed by atoms with van der Waals surface area (Å²) < 4.78 is 10.1. The van der Waals surface area contributed by atoms with Crippen LogP contribution < -0.4 is 10.1 Å². The molecule has 8 heteroatoms. The topological polar surface area (TPSA) is 94.6 Å². The summed E-state index contributed by atoms with van der Waals surface area (Å²) in [5.41, 5.74) is 2.68. The van der Waals surface area contributed by atoms with Gasteiger partial charge in [-0.15, -0.1) is 0 Å². The maximum atomic E-state index is 12.0. The molecule has 1 aliphatic heterocycles. The van der Waals surface area contributed by atoms with Gasteiger partial charge in [0.2, 0.25) is 5.91 Å². The molecule has 0 spiro atoms. The minimum Gasteiger partial charge on any atom is -0.493 e. The largest absolute Gasteiger partial charge is 0.493 e. The number of hydrogen-bond donors (Lipinski definition) is 1. The first-order valence-corrected chi connectivity index (χ1v) is 10.4. The van der Waals surface area contributed by atoms with Crippen LogP contribution in [0.3, 0.4) is 0 Å². The number of imide groups is 1. The van der Waals surface area contributed by atoms with Crippen molar-refractivity contribution in [1.82, 2.24) is 10.3 Å². The number of nitrogens with one attached hydrogen (secondary N) is 1. The molecule has 7 nitrogen and oxygen atoms in total. The molecular weight excluding hydrogens is 404 g/mol. The Morgan fingerprint density at radius 3 is 2.50 bits per heavy atom. The number of benzene rings is 1. The lowest BCUT2D eigenvalue weighted by molar-refractivity contribution is -0.145. The van der Waals surface area contributed by atoms with Crippen molar-refractivity contribution in [3.05, 3.63) is 59.4 Å². The van der Waals surface area contributed by atoms with Gasteiger partial charge in [0.05, 0.1) is 6.61 Å². The normalized spacial score (nSPS) is 19.3. The van der Waals surface area contributed by atoms with E-state index in [2.05, 4.69) is 10.3 Å². The van der Waals surface area contributed by atoms with Gasteiger partial charge in [0.15, 0.2) is 0 Å². The number of thioether (sulfide) groups is 1. The van der Waals surface area contributed by atoms with E-state index in [1.807, 2.05) is 36.4 Å². The molecule has 1 N–H and O–H groups in total. The van der Waals surface area contributed by atoms with Gasteiger partial charge in [-0.2, -0.15) is 0 Å². The van der Waals surface area contributed by atoms with Gasteiger partial charge in [-0.1, -0.05) is 18.2 Å². The highest BCUT2D eigenvalue weighted by atomic mass is 32.2. The molecular formula is C22H24N2O5S. The molecule has 1 aromatic heterocycles. The molecule has 3 rings (SSSR count). The highest BCUT2D eigenvalue weighted by Crippen LogP contribution is 2.34. The van der Waals surface area contributed by atoms with Gasteiger partial charge >= 0.3 is 5.97 Å². The summed E-state index contributed by atoms with van der Waals surface area (Å²) in [5, 5.41) is 2.03. The van der Waals surface area contributed by atoms with E-state index in [1.165, 1.54) is 6.92 Å². The fourth-order valence-corrected chi connectivity index (χ4v) is 4.06. The van der Waals surface area contributed by atoms with E-state index in [4.69, 9.17) is 9.47 Å². The quantitative estimate of drug-likeness (QED) is 0.642. The van der Waals surface area contributed by atoms with Gasteiger partial charge < -0.3 is 9.47 Å². The number of pyridine rings is 1. The zero-order valence-corrected chi connectivity index (χ0v) is 18.0. The van der Waals surface area contributed by atoms with Crippen LogP contribution in [-0.2, 0) is 27.2 Å². The average Bonchev–Trinajstić information content (AvgIpc) is 2.94. The number of amides is 2. The van der Waals surface area contributed by atoms with Crippen LogP contribution in [-0.4, -0.2) is 33.5 Å². The Hall–Kier alpha value is -2.87. The Morgan fingerprint density at radius 2 is 1.93 bits per heavy atom. The molecule has 2 amide bonds. The fraction of sp³-hybridized carbons (Fsp3) is 0.364. The third-order valence-corrected chi connectivity index (χ3v) is 5.83. The number of carbonyl (C=O) groups is 3. The van der Waals surface area contributed by atoms with Crippen molar-refractivity contribution in [1.29, 1.82) is 0 Å². The Morgan fingerprint density at radius 1 is 1.20 bits per heavy atom. The molecule has 1 saturated heterocycles. The molecule has 1 aromatic carbocycles. The summed E-state index contributed by atoms with van der Waals surface area (Å²) in [6.45, 7) is 5.43. The van der Waals surface area contributed by atoms with Crippen molar-refractivity contribution in [3.8, 4) is 5.75 Å². The first-order valence-electron chi connectivity index (χ1n) is 9.63. The third kappa shape index (κ3) is 5.60. The van der Waals surface area contributed by atoms with Crippen LogP contribution in [0.2, 0.25) is 0 Å². The monoisotopic (exact) mass is 428 g/mol. The highest BCUT2D eigenvalue weighted by molar-refractivity contribution is 8.16. The van der Waals surface area contributed by atoms with Crippen molar-refractivity contribution >= 4 is 28.9 Å². The summed E-state index contributed by atoms with van der Waals surface area (Å²) in [4.78, 5) is 38.8. The number of aromatic nitrogens is 1. The van der Waals surface area contributed by atoms with Crippen molar-refractivity contribution in [2.24, 2.45) is 0 Å². The lowest BCUT2D eigenvalue weighted by Crippen LogP contribution is -2.35. The summed E-state index contributed by atoms with van der Waals surface area (Å²) in [6, 6.07) is 11.3. The number of ether oxygens (including phenoxy) is 2. The second kappa shape index (κ2) is 9.30. The molecule has 158 valence electrons. The molecule has 1 aliphatic rings. The minimum atomic E-state index is -0.774. The molecule has 1 fully saturated rings. The Bertz CT molecular complexity index is 930. The molecule has 0 radical (unpaired) electrons. The summed E-state index contributed by atoms with van der Waals surface area (Å²) in [5.74, 6) is 0.154. The van der Waals surface area contributed by atoms with E-state index in [9.17, 15) is 14.4 Å². The van der Waals surface area contributed by atoms with Crippen LogP contribution in [0.5, 0.6) is 5.75 Å². The number of rotatable bonds is 8. The van der Waals surface area contributed by atoms with Crippen LogP contribution >= 0.6 is 11.8 Å². The first kappa shape index (κ1) is 21.8. The second-order valence-corrected chi connectivity index (χ2v) is 8.80. The van der Waals surface area contributed by atoms with Crippen LogP contribution in [0.15, 0.2) is 42.6 Å². The molecule has 1 unspecified atom stereocenters. The minimum absolute atomic E-state index is 0.251. The summed E-state index contributed by atoms with van der Waals surface area (Å²) in [6.07, 6.45) is 2.49. The van der Waals surface area contributed by atoms with Gasteiger partial charge in [-0.05, 0) is 55.8 Å². The van der Waals surface area contributed by atoms with Crippen LogP contribution in [0.25, 0.3) is 0 Å². The van der Waals surface area contributed by atoms with Crippen LogP contribution in [0, 0.1) is 0 Å². The van der Waals surface area contributed by atoms with Crippen LogP contribution in [0.1, 0.15) is 43.7 Å². The Kier molecular flexibility index (Phi) is 6.77. The van der Waals surface area contributed by atoms with E-state index in [1.54, 1.807) is 20.0 Å². The zero-order valence-electron chi connectivity index (χ0n) is 17.1. The van der Waals surface area contributed by atoms with Gasteiger partial charge in [0, 0.05) is 30.8 Å². The third-order valence-electron chi connectivity index (χ3n) is 4.77. The van der Waals surface area contributed by atoms with Crippen molar-refractivity contribution < 1.29 is 23.9 Å². The van der Waals surface area contributed by atoms with E-state index in [0.717, 1.165) is 34.3 Å². The molecule has 0 bridgehead atoms. The maximum absolute atomic E-state index is 12.0. The van der Waals surface area contributed by atoms with E-state index < -0.39 is 4.75 Å². The van der Waals surface area contributed by atoms with E-state index in [0.29, 0.717) is 19.4 Å². The lowest BCUT2D eigenvalue weighted by atomic mass is 9.99. The standard InChI is InChI=1S/C22H24N2O5S/c1-14(29-15(2)25)17-6-7-18(23-13-17)10-11-28-19-8-4-16(5-9-19)12-22(3)20(26)24-21(27)30-22/h4-9,13-14H,10-12H2,1-3H3,(H,24,26,27)/t14?,22-/m1/s1. The molecule has 0 saturated carbocycles. The number of hydrogen-bond acceptors (Lipinski definition) is 7. The van der Waals surface area contributed by atoms with Gasteiger partial charge in [0.25, 0.3) is 5.24 Å². The molecule has 2 atom stereocenters. The lowest BCUT2D eigenvalue weighted by Gasteiger charge is -2.18. The zero-order chi connectivity index (χ0) is 21.7. The van der Waals surface area contributed by atoms with E-state index in [-0.39, 0.29) is 23.2 Å². The molecule has 30 heavy (non-hydrogen) atoms. The predicted octanol–water partition coefficient (Wildman–Crippen LogP) is 3.61. The Balaban J connectivity index is 1.48. The van der Waals surface area contributed by atoms with Gasteiger partial charge in [0.1, 0.15) is 16.6 Å². The fourth-order valence-electron chi connectivity index (χ4n) is 3.13. The second-order valence-electron chi connectivity index (χ2n) is 7.33. The average molecular weight is 429 g/mol. The predicted molar refractivity (Wildman–Crippen MR) is 113 cm³/mol. The first-order chi connectivity index (χ1) is 14.2. The SMILES string of the molecule is CC(=O)OC(C)c1ccc(CCOc2ccc(C[C@@]3(C)SC(=O)NC3=O)cc2)nc1. The molecule has 2 aromatic rings. The molecule has 0 aliphatic carbocycles. The maximum Gasteiger partial charge on any atom is 0.303 e. The van der Waals surface area contributed by atoms with Crippen LogP contribution in [0.4, 0.5) is 4.79 Å². The van der Waals surface area contributed by atoms with Crippen molar-refractivity contribution in [2.45, 2.75) is 44.5 Å². The number of nitrogens with zero attached hydrogens (tertiary/aromatic N) is 1. The highest BCUT2D eigenvalue weighted by Gasteiger charge is 2.43.